The number of ether oxygens (including phenoxy) is 1. The summed E-state index contributed by atoms with van der Waals surface area (Å²) in [6, 6.07) is 4.00. The van der Waals surface area contributed by atoms with Gasteiger partial charge in [0, 0.05) is 25.7 Å². The van der Waals surface area contributed by atoms with E-state index >= 15 is 0 Å². The lowest BCUT2D eigenvalue weighted by Crippen LogP contribution is -2.40. The average molecular weight is 459 g/mol. The highest BCUT2D eigenvalue weighted by Gasteiger charge is 2.40. The van der Waals surface area contributed by atoms with E-state index in [0.717, 1.165) is 12.8 Å². The molecule has 0 aliphatic carbocycles. The molecule has 31 heavy (non-hydrogen) atoms. The maximum atomic E-state index is 14.3. The van der Waals surface area contributed by atoms with E-state index in [1.807, 2.05) is 18.7 Å². The number of methoxy groups -OCH3 is 1. The molecule has 1 aromatic carbocycles. The summed E-state index contributed by atoms with van der Waals surface area (Å²) in [4.78, 5) is 13.8. The van der Waals surface area contributed by atoms with Gasteiger partial charge in [-0.1, -0.05) is 32.8 Å². The van der Waals surface area contributed by atoms with E-state index in [9.17, 15) is 22.7 Å². The van der Waals surface area contributed by atoms with E-state index in [2.05, 4.69) is 0 Å². The number of aliphatic carboxylic acids is 1. The van der Waals surface area contributed by atoms with Gasteiger partial charge in [-0.15, -0.1) is 0 Å². The number of carboxylic acid groups (broad SMARTS) is 1. The molecule has 1 aliphatic heterocycles. The Morgan fingerprint density at radius 1 is 1.26 bits per heavy atom. The summed E-state index contributed by atoms with van der Waals surface area (Å²) in [5.41, 5.74) is 0.566. The van der Waals surface area contributed by atoms with Crippen LogP contribution in [0.2, 0.25) is 0 Å². The van der Waals surface area contributed by atoms with E-state index in [1.54, 1.807) is 6.07 Å². The van der Waals surface area contributed by atoms with Crippen molar-refractivity contribution in [2.45, 2.75) is 52.0 Å². The molecule has 0 bridgehead atoms. The molecule has 0 amide bonds. The number of hydrogen-bond acceptors (Lipinski definition) is 5. The van der Waals surface area contributed by atoms with E-state index in [1.165, 1.54) is 23.5 Å². The topological polar surface area (TPSA) is 87.2 Å². The molecule has 0 aromatic heterocycles. The first kappa shape index (κ1) is 25.5. The summed E-state index contributed by atoms with van der Waals surface area (Å²) < 4.78 is 46.4. The SMILES string of the molecule is CCCCCS(=O)(=O)N(CCC)CCN1CCC(C(=O)O)C1c1ccc(OC)c(F)c1. The minimum absolute atomic E-state index is 0.104. The van der Waals surface area contributed by atoms with Gasteiger partial charge in [0.2, 0.25) is 10.0 Å². The number of carboxylic acids is 1. The number of hydrogen-bond donors (Lipinski definition) is 1. The van der Waals surface area contributed by atoms with Crippen LogP contribution in [0.1, 0.15) is 57.6 Å². The molecule has 1 aromatic rings. The van der Waals surface area contributed by atoms with Gasteiger partial charge in [-0.25, -0.2) is 17.1 Å². The second-order valence-electron chi connectivity index (χ2n) is 8.03. The Kier molecular flexibility index (Phi) is 9.71. The van der Waals surface area contributed by atoms with E-state index in [-0.39, 0.29) is 11.5 Å². The summed E-state index contributed by atoms with van der Waals surface area (Å²) in [5.74, 6) is -1.91. The number of unbranched alkanes of at least 4 members (excludes halogenated alkanes) is 2. The maximum Gasteiger partial charge on any atom is 0.308 e. The maximum absolute atomic E-state index is 14.3. The minimum atomic E-state index is -3.36. The van der Waals surface area contributed by atoms with Crippen molar-refractivity contribution in [2.24, 2.45) is 5.92 Å². The first-order valence-electron chi connectivity index (χ1n) is 11.0. The largest absolute Gasteiger partial charge is 0.494 e. The van der Waals surface area contributed by atoms with Crippen molar-refractivity contribution in [3.05, 3.63) is 29.6 Å². The zero-order valence-electron chi connectivity index (χ0n) is 18.7. The fourth-order valence-corrected chi connectivity index (χ4v) is 5.87. The van der Waals surface area contributed by atoms with Crippen LogP contribution < -0.4 is 4.74 Å². The molecule has 2 atom stereocenters. The second-order valence-corrected chi connectivity index (χ2v) is 10.1. The van der Waals surface area contributed by atoms with Gasteiger partial charge in [0.1, 0.15) is 0 Å². The first-order valence-corrected chi connectivity index (χ1v) is 12.6. The number of rotatable bonds is 13. The number of sulfonamides is 1. The lowest BCUT2D eigenvalue weighted by molar-refractivity contribution is -0.142. The van der Waals surface area contributed by atoms with Crippen LogP contribution in [0.5, 0.6) is 5.75 Å². The molecule has 2 rings (SSSR count). The first-order chi connectivity index (χ1) is 14.7. The Bertz CT molecular complexity index is 833. The van der Waals surface area contributed by atoms with Crippen molar-refractivity contribution in [3.8, 4) is 5.75 Å². The van der Waals surface area contributed by atoms with E-state index < -0.39 is 33.8 Å². The Hall–Kier alpha value is -1.71. The van der Waals surface area contributed by atoms with Gasteiger partial charge in [0.05, 0.1) is 18.8 Å². The monoisotopic (exact) mass is 458 g/mol. The molecular weight excluding hydrogens is 423 g/mol. The second kappa shape index (κ2) is 11.8. The van der Waals surface area contributed by atoms with Crippen molar-refractivity contribution >= 4 is 16.0 Å². The molecule has 1 heterocycles. The molecule has 7 nitrogen and oxygen atoms in total. The summed E-state index contributed by atoms with van der Waals surface area (Å²) in [6.45, 7) is 5.62. The predicted octanol–water partition coefficient (Wildman–Crippen LogP) is 3.51. The third-order valence-electron chi connectivity index (χ3n) is 5.85. The van der Waals surface area contributed by atoms with Crippen LogP contribution in [0.25, 0.3) is 0 Å². The standard InChI is InChI=1S/C22H35FN2O5S/c1-4-6-7-15-31(28,29)25(11-5-2)14-13-24-12-10-18(22(26)27)21(24)17-8-9-20(30-3)19(23)16-17/h8-9,16,18,21H,4-7,10-15H2,1-3H3,(H,26,27). The number of benzene rings is 1. The Balaban J connectivity index is 2.18. The van der Waals surface area contributed by atoms with Crippen LogP contribution >= 0.6 is 0 Å². The Labute approximate surface area is 185 Å². The molecule has 1 N–H and O–H groups in total. The molecule has 0 radical (unpaired) electrons. The molecular formula is C22H35FN2O5S. The van der Waals surface area contributed by atoms with Gasteiger partial charge in [-0.3, -0.25) is 9.69 Å². The van der Waals surface area contributed by atoms with Crippen molar-refractivity contribution in [1.82, 2.24) is 9.21 Å². The lowest BCUT2D eigenvalue weighted by atomic mass is 9.93. The van der Waals surface area contributed by atoms with Crippen LogP contribution in [0.15, 0.2) is 18.2 Å². The molecule has 9 heteroatoms. The van der Waals surface area contributed by atoms with E-state index in [0.29, 0.717) is 51.0 Å². The lowest BCUT2D eigenvalue weighted by Gasteiger charge is -2.30. The van der Waals surface area contributed by atoms with Crippen molar-refractivity contribution < 1.29 is 27.4 Å². The Morgan fingerprint density at radius 2 is 2.00 bits per heavy atom. The summed E-state index contributed by atoms with van der Waals surface area (Å²) >= 11 is 0. The fraction of sp³-hybridized carbons (Fsp3) is 0.682. The smallest absolute Gasteiger partial charge is 0.308 e. The van der Waals surface area contributed by atoms with Crippen molar-refractivity contribution in [3.63, 3.8) is 0 Å². The van der Waals surface area contributed by atoms with Crippen LogP contribution in [-0.2, 0) is 14.8 Å². The third kappa shape index (κ3) is 6.63. The van der Waals surface area contributed by atoms with E-state index in [4.69, 9.17) is 4.74 Å². The molecule has 1 fully saturated rings. The van der Waals surface area contributed by atoms with Crippen LogP contribution in [0, 0.1) is 11.7 Å². The highest BCUT2D eigenvalue weighted by Crippen LogP contribution is 2.38. The fourth-order valence-electron chi connectivity index (χ4n) is 4.22. The number of halogens is 1. The average Bonchev–Trinajstić information content (AvgIpc) is 3.15. The van der Waals surface area contributed by atoms with Crippen molar-refractivity contribution in [1.29, 1.82) is 0 Å². The summed E-state index contributed by atoms with van der Waals surface area (Å²) in [6.07, 6.45) is 3.60. The highest BCUT2D eigenvalue weighted by atomic mass is 32.2. The van der Waals surface area contributed by atoms with Crippen LogP contribution in [0.4, 0.5) is 4.39 Å². The number of carbonyl (C=O) groups is 1. The summed E-state index contributed by atoms with van der Waals surface area (Å²) in [5, 5.41) is 9.69. The number of nitrogens with zero attached hydrogens (tertiary/aromatic N) is 2. The molecule has 0 spiro atoms. The van der Waals surface area contributed by atoms with Crippen molar-refractivity contribution in [2.75, 3.05) is 39.0 Å². The zero-order valence-corrected chi connectivity index (χ0v) is 19.5. The molecule has 1 saturated heterocycles. The van der Waals surface area contributed by atoms with Crippen LogP contribution in [-0.4, -0.2) is 67.7 Å². The minimum Gasteiger partial charge on any atom is -0.494 e. The molecule has 2 unspecified atom stereocenters. The normalized spacial score (nSPS) is 19.8. The van der Waals surface area contributed by atoms with Gasteiger partial charge in [-0.05, 0) is 43.5 Å². The van der Waals surface area contributed by atoms with Gasteiger partial charge in [0.15, 0.2) is 11.6 Å². The molecule has 176 valence electrons. The number of likely N-dealkylation sites (tertiary alicyclic amines) is 1. The van der Waals surface area contributed by atoms with Gasteiger partial charge in [-0.2, -0.15) is 0 Å². The van der Waals surface area contributed by atoms with Gasteiger partial charge in [0.25, 0.3) is 0 Å². The van der Waals surface area contributed by atoms with Crippen LogP contribution in [0.3, 0.4) is 0 Å². The predicted molar refractivity (Wildman–Crippen MR) is 118 cm³/mol. The Morgan fingerprint density at radius 3 is 2.58 bits per heavy atom. The molecule has 1 aliphatic rings. The zero-order chi connectivity index (χ0) is 23.0. The summed E-state index contributed by atoms with van der Waals surface area (Å²) in [7, 11) is -1.98. The van der Waals surface area contributed by atoms with Gasteiger partial charge < -0.3 is 9.84 Å². The van der Waals surface area contributed by atoms with Gasteiger partial charge >= 0.3 is 5.97 Å². The highest BCUT2D eigenvalue weighted by molar-refractivity contribution is 7.89. The molecule has 0 saturated carbocycles. The quantitative estimate of drug-likeness (QED) is 0.455. The third-order valence-corrected chi connectivity index (χ3v) is 7.80.